The number of rotatable bonds is 4. The lowest BCUT2D eigenvalue weighted by Gasteiger charge is -2.14. The van der Waals surface area contributed by atoms with E-state index in [1.165, 1.54) is 13.2 Å². The number of hydrogen-bond acceptors (Lipinski definition) is 3. The summed E-state index contributed by atoms with van der Waals surface area (Å²) in [7, 11) is 1.37. The molecule has 0 atom stereocenters. The molecule has 5 nitrogen and oxygen atoms in total. The lowest BCUT2D eigenvalue weighted by Crippen LogP contribution is -2.43. The van der Waals surface area contributed by atoms with Gasteiger partial charge in [-0.3, -0.25) is 15.6 Å². The van der Waals surface area contributed by atoms with E-state index in [2.05, 4.69) is 32.1 Å². The van der Waals surface area contributed by atoms with Gasteiger partial charge in [-0.2, -0.15) is 0 Å². The number of carbonyl (C=O) groups is 1. The lowest BCUT2D eigenvalue weighted by molar-refractivity contribution is -0.121. The largest absolute Gasteiger partial charge is 0.494 e. The van der Waals surface area contributed by atoms with Crippen LogP contribution >= 0.6 is 28.1 Å². The number of ether oxygens (including phenoxy) is 1. The summed E-state index contributed by atoms with van der Waals surface area (Å²) in [6.07, 6.45) is 1.11. The molecule has 1 rings (SSSR count). The van der Waals surface area contributed by atoms with Gasteiger partial charge >= 0.3 is 0 Å². The molecular weight excluding hydrogens is 349 g/mol. The van der Waals surface area contributed by atoms with E-state index in [-0.39, 0.29) is 22.5 Å². The summed E-state index contributed by atoms with van der Waals surface area (Å²) < 4.78 is 19.4. The Morgan fingerprint density at radius 3 is 2.75 bits per heavy atom. The fourth-order valence-electron chi connectivity index (χ4n) is 1.37. The first kappa shape index (κ1) is 16.6. The van der Waals surface area contributed by atoms with Crippen molar-refractivity contribution in [2.75, 3.05) is 12.4 Å². The Balaban J connectivity index is 2.69. The minimum Gasteiger partial charge on any atom is -0.494 e. The highest BCUT2D eigenvalue weighted by Gasteiger charge is 2.14. The van der Waals surface area contributed by atoms with Crippen LogP contribution in [-0.2, 0) is 4.79 Å². The summed E-state index contributed by atoms with van der Waals surface area (Å²) in [4.78, 5) is 11.3. The van der Waals surface area contributed by atoms with Crippen LogP contribution < -0.4 is 20.9 Å². The molecule has 0 heterocycles. The molecule has 0 radical (unpaired) electrons. The number of halogens is 2. The zero-order chi connectivity index (χ0) is 15.1. The molecule has 1 aromatic rings. The molecule has 0 spiro atoms. The van der Waals surface area contributed by atoms with E-state index >= 15 is 0 Å². The summed E-state index contributed by atoms with van der Waals surface area (Å²) in [5, 5.41) is 2.73. The van der Waals surface area contributed by atoms with Crippen LogP contribution in [0, 0.1) is 5.82 Å². The molecule has 1 amide bonds. The van der Waals surface area contributed by atoms with Gasteiger partial charge in [-0.25, -0.2) is 4.39 Å². The maximum Gasteiger partial charge on any atom is 0.238 e. The zero-order valence-electron chi connectivity index (χ0n) is 11.0. The Labute approximate surface area is 130 Å². The third-order valence-electron chi connectivity index (χ3n) is 2.31. The first-order chi connectivity index (χ1) is 9.49. The summed E-state index contributed by atoms with van der Waals surface area (Å²) in [6.45, 7) is 1.89. The quantitative estimate of drug-likeness (QED) is 0.567. The zero-order valence-corrected chi connectivity index (χ0v) is 13.5. The molecule has 0 saturated carbocycles. The van der Waals surface area contributed by atoms with Crippen LogP contribution in [0.15, 0.2) is 16.6 Å². The van der Waals surface area contributed by atoms with Crippen molar-refractivity contribution in [1.82, 2.24) is 10.9 Å². The predicted molar refractivity (Wildman–Crippen MR) is 83.1 cm³/mol. The van der Waals surface area contributed by atoms with Crippen molar-refractivity contribution in [2.24, 2.45) is 0 Å². The van der Waals surface area contributed by atoms with Gasteiger partial charge in [0, 0.05) is 10.9 Å². The lowest BCUT2D eigenvalue weighted by atomic mass is 10.3. The van der Waals surface area contributed by atoms with Crippen molar-refractivity contribution >= 4 is 44.9 Å². The molecule has 0 fully saturated rings. The van der Waals surface area contributed by atoms with Gasteiger partial charge in [0.15, 0.2) is 16.7 Å². The average molecular weight is 364 g/mol. The highest BCUT2D eigenvalue weighted by Crippen LogP contribution is 2.31. The standard InChI is InChI=1S/C12H15BrFN3O2S/c1-3-4-9(18)16-17-12(20)15-11-7(13)5-6-8(19-2)10(11)14/h5-6H,3-4H2,1-2H3,(H,16,18)(H2,15,17,20). The third kappa shape index (κ3) is 4.61. The Morgan fingerprint density at radius 2 is 2.15 bits per heavy atom. The molecule has 8 heteroatoms. The second kappa shape index (κ2) is 8.01. The SMILES string of the molecule is CCCC(=O)NNC(=S)Nc1c(Br)ccc(OC)c1F. The summed E-state index contributed by atoms with van der Waals surface area (Å²) in [5.74, 6) is -0.679. The second-order valence-electron chi connectivity index (χ2n) is 3.82. The molecule has 1 aromatic carbocycles. The Hall–Kier alpha value is -1.41. The molecule has 20 heavy (non-hydrogen) atoms. The molecule has 0 aliphatic rings. The average Bonchev–Trinajstić information content (AvgIpc) is 2.42. The maximum absolute atomic E-state index is 14.0. The normalized spacial score (nSPS) is 9.80. The molecule has 0 aliphatic heterocycles. The number of benzene rings is 1. The molecule has 0 saturated heterocycles. The second-order valence-corrected chi connectivity index (χ2v) is 5.08. The van der Waals surface area contributed by atoms with E-state index in [1.807, 2.05) is 6.92 Å². The highest BCUT2D eigenvalue weighted by atomic mass is 79.9. The van der Waals surface area contributed by atoms with Crippen LogP contribution in [0.2, 0.25) is 0 Å². The van der Waals surface area contributed by atoms with Gasteiger partial charge in [0.1, 0.15) is 0 Å². The van der Waals surface area contributed by atoms with Crippen molar-refractivity contribution in [3.05, 3.63) is 22.4 Å². The molecule has 0 aromatic heterocycles. The smallest absolute Gasteiger partial charge is 0.238 e. The number of hydrogen-bond donors (Lipinski definition) is 3. The first-order valence-corrected chi connectivity index (χ1v) is 7.07. The maximum atomic E-state index is 14.0. The van der Waals surface area contributed by atoms with Gasteiger partial charge < -0.3 is 10.1 Å². The van der Waals surface area contributed by atoms with E-state index < -0.39 is 5.82 Å². The monoisotopic (exact) mass is 363 g/mol. The number of hydrazine groups is 1. The molecule has 0 aliphatic carbocycles. The van der Waals surface area contributed by atoms with E-state index in [0.717, 1.165) is 6.42 Å². The third-order valence-corrected chi connectivity index (χ3v) is 3.17. The highest BCUT2D eigenvalue weighted by molar-refractivity contribution is 9.10. The minimum atomic E-state index is -0.578. The number of anilines is 1. The Morgan fingerprint density at radius 1 is 1.45 bits per heavy atom. The van der Waals surface area contributed by atoms with E-state index in [4.69, 9.17) is 17.0 Å². The van der Waals surface area contributed by atoms with Crippen molar-refractivity contribution < 1.29 is 13.9 Å². The summed E-state index contributed by atoms with van der Waals surface area (Å²) >= 11 is 8.18. The number of methoxy groups -OCH3 is 1. The summed E-state index contributed by atoms with van der Waals surface area (Å²) in [5.41, 5.74) is 5.04. The number of amides is 1. The van der Waals surface area contributed by atoms with Crippen LogP contribution in [0.25, 0.3) is 0 Å². The van der Waals surface area contributed by atoms with E-state index in [9.17, 15) is 9.18 Å². The molecule has 0 unspecified atom stereocenters. The first-order valence-electron chi connectivity index (χ1n) is 5.87. The van der Waals surface area contributed by atoms with Gasteiger partial charge in [0.2, 0.25) is 5.91 Å². The summed E-state index contributed by atoms with van der Waals surface area (Å²) in [6, 6.07) is 3.12. The van der Waals surface area contributed by atoms with Gasteiger partial charge in [-0.1, -0.05) is 6.92 Å². The van der Waals surface area contributed by atoms with Crippen LogP contribution in [0.3, 0.4) is 0 Å². The molecular formula is C12H15BrFN3O2S. The molecule has 3 N–H and O–H groups in total. The van der Waals surface area contributed by atoms with Crippen molar-refractivity contribution in [3.8, 4) is 5.75 Å². The Kier molecular flexibility index (Phi) is 6.66. The molecule has 0 bridgehead atoms. The van der Waals surface area contributed by atoms with Crippen LogP contribution in [0.4, 0.5) is 10.1 Å². The van der Waals surface area contributed by atoms with Gasteiger partial charge in [0.05, 0.1) is 12.8 Å². The van der Waals surface area contributed by atoms with Gasteiger partial charge in [-0.05, 0) is 46.7 Å². The molecule has 110 valence electrons. The number of carbonyl (C=O) groups excluding carboxylic acids is 1. The topological polar surface area (TPSA) is 62.4 Å². The number of thiocarbonyl (C=S) groups is 1. The Bertz CT molecular complexity index is 514. The van der Waals surface area contributed by atoms with Crippen molar-refractivity contribution in [2.45, 2.75) is 19.8 Å². The van der Waals surface area contributed by atoms with Crippen molar-refractivity contribution in [3.63, 3.8) is 0 Å². The minimum absolute atomic E-state index is 0.0716. The fourth-order valence-corrected chi connectivity index (χ4v) is 1.92. The number of nitrogens with one attached hydrogen (secondary N) is 3. The van der Waals surface area contributed by atoms with Gasteiger partial charge in [0.25, 0.3) is 0 Å². The van der Waals surface area contributed by atoms with Crippen LogP contribution in [-0.4, -0.2) is 18.1 Å². The van der Waals surface area contributed by atoms with E-state index in [0.29, 0.717) is 10.9 Å². The van der Waals surface area contributed by atoms with Crippen LogP contribution in [0.1, 0.15) is 19.8 Å². The van der Waals surface area contributed by atoms with E-state index in [1.54, 1.807) is 6.07 Å². The van der Waals surface area contributed by atoms with Crippen LogP contribution in [0.5, 0.6) is 5.75 Å². The van der Waals surface area contributed by atoms with Gasteiger partial charge in [-0.15, -0.1) is 0 Å². The predicted octanol–water partition coefficient (Wildman–Crippen LogP) is 2.71. The fraction of sp³-hybridized carbons (Fsp3) is 0.333. The van der Waals surface area contributed by atoms with Crippen molar-refractivity contribution in [1.29, 1.82) is 0 Å².